The molecule has 0 saturated carbocycles. The number of esters is 1. The fourth-order valence-electron chi connectivity index (χ4n) is 5.55. The molecule has 7 rings (SSSR count). The van der Waals surface area contributed by atoms with Gasteiger partial charge in [0, 0.05) is 45.5 Å². The summed E-state index contributed by atoms with van der Waals surface area (Å²) >= 11 is 0. The number of anilines is 4. The fraction of sp³-hybridized carbons (Fsp3) is 0.0882. The highest BCUT2D eigenvalue weighted by Crippen LogP contribution is 2.57. The van der Waals surface area contributed by atoms with E-state index < -0.39 is 5.60 Å². The van der Waals surface area contributed by atoms with E-state index in [1.165, 1.54) is 0 Å². The molecule has 1 atom stereocenters. The van der Waals surface area contributed by atoms with Crippen molar-refractivity contribution in [2.45, 2.75) is 12.5 Å². The van der Waals surface area contributed by atoms with E-state index in [-0.39, 0.29) is 5.97 Å². The molecule has 0 radical (unpaired) electrons. The first-order valence-electron chi connectivity index (χ1n) is 13.1. The Hall–Kier alpha value is -5.23. The lowest BCUT2D eigenvalue weighted by atomic mass is 9.77. The molecular formula is C34H26N2O4. The number of carbonyl (C=O) groups is 1. The molecule has 0 aliphatic carbocycles. The Morgan fingerprint density at radius 1 is 0.675 bits per heavy atom. The topological polar surface area (TPSA) is 68.8 Å². The smallest absolute Gasteiger partial charge is 0.340 e. The number of ether oxygens (including phenoxy) is 3. The number of hydrogen-bond acceptors (Lipinski definition) is 6. The summed E-state index contributed by atoms with van der Waals surface area (Å²) in [4.78, 5) is 13.3. The van der Waals surface area contributed by atoms with Crippen molar-refractivity contribution in [3.8, 4) is 17.2 Å². The first-order valence-corrected chi connectivity index (χ1v) is 13.1. The Morgan fingerprint density at radius 2 is 1.38 bits per heavy atom. The SMILES string of the molecule is COc1ccc(Nc2cc3c(cc2C)Oc2cc(Nc4ccccc4)ccc2C32OC(=O)c3ccccc32)cc1. The van der Waals surface area contributed by atoms with Crippen LogP contribution < -0.4 is 20.1 Å². The summed E-state index contributed by atoms with van der Waals surface area (Å²) in [5, 5.41) is 6.95. The number of benzene rings is 5. The number of carbonyl (C=O) groups excluding carboxylic acids is 1. The molecule has 6 heteroatoms. The monoisotopic (exact) mass is 526 g/mol. The molecule has 5 aromatic carbocycles. The Bertz CT molecular complexity index is 1770. The molecule has 0 fully saturated rings. The van der Waals surface area contributed by atoms with Crippen LogP contribution in [0, 0.1) is 6.92 Å². The van der Waals surface area contributed by atoms with Gasteiger partial charge in [-0.1, -0.05) is 36.4 Å². The maximum atomic E-state index is 13.3. The van der Waals surface area contributed by atoms with Crippen LogP contribution in [-0.4, -0.2) is 13.1 Å². The van der Waals surface area contributed by atoms with Gasteiger partial charge in [-0.05, 0) is 79.2 Å². The summed E-state index contributed by atoms with van der Waals surface area (Å²) in [5.74, 6) is 1.71. The summed E-state index contributed by atoms with van der Waals surface area (Å²) < 4.78 is 18.2. The van der Waals surface area contributed by atoms with E-state index in [2.05, 4.69) is 10.6 Å². The molecule has 0 amide bonds. The quantitative estimate of drug-likeness (QED) is 0.226. The Balaban J connectivity index is 1.38. The molecule has 2 aliphatic heterocycles. The summed E-state index contributed by atoms with van der Waals surface area (Å²) in [7, 11) is 1.65. The number of fused-ring (bicyclic) bond motifs is 6. The highest BCUT2D eigenvalue weighted by atomic mass is 16.6. The highest BCUT2D eigenvalue weighted by Gasteiger charge is 2.53. The number of aryl methyl sites for hydroxylation is 1. The van der Waals surface area contributed by atoms with Gasteiger partial charge >= 0.3 is 5.97 Å². The first-order chi connectivity index (χ1) is 19.5. The minimum atomic E-state index is -1.15. The van der Waals surface area contributed by atoms with E-state index in [0.717, 1.165) is 50.8 Å². The first kappa shape index (κ1) is 23.9. The molecular weight excluding hydrogens is 500 g/mol. The van der Waals surface area contributed by atoms with Gasteiger partial charge < -0.3 is 24.8 Å². The van der Waals surface area contributed by atoms with Crippen molar-refractivity contribution in [3.05, 3.63) is 137 Å². The van der Waals surface area contributed by atoms with Gasteiger partial charge in [-0.2, -0.15) is 0 Å². The standard InChI is InChI=1S/C34H26N2O4/c1-21-18-31-29(20-30(21)36-23-12-15-25(38-2)16-13-23)34(27-11-7-6-10-26(27)33(37)40-34)28-17-14-24(19-32(28)39-31)35-22-8-4-3-5-9-22/h3-20,35-36H,1-2H3. The molecule has 196 valence electrons. The third-order valence-electron chi connectivity index (χ3n) is 7.49. The van der Waals surface area contributed by atoms with Crippen LogP contribution in [0.2, 0.25) is 0 Å². The largest absolute Gasteiger partial charge is 0.497 e. The molecule has 40 heavy (non-hydrogen) atoms. The zero-order valence-corrected chi connectivity index (χ0v) is 22.0. The van der Waals surface area contributed by atoms with E-state index in [4.69, 9.17) is 14.2 Å². The maximum absolute atomic E-state index is 13.3. The molecule has 0 aromatic heterocycles. The minimum Gasteiger partial charge on any atom is -0.497 e. The second-order valence-corrected chi connectivity index (χ2v) is 9.94. The molecule has 5 aromatic rings. The molecule has 1 unspecified atom stereocenters. The van der Waals surface area contributed by atoms with Crippen molar-refractivity contribution in [1.29, 1.82) is 0 Å². The van der Waals surface area contributed by atoms with Crippen LogP contribution in [0.5, 0.6) is 17.2 Å². The minimum absolute atomic E-state index is 0.355. The normalized spacial score (nSPS) is 16.3. The number of nitrogens with one attached hydrogen (secondary N) is 2. The fourth-order valence-corrected chi connectivity index (χ4v) is 5.55. The summed E-state index contributed by atoms with van der Waals surface area (Å²) in [5.41, 5.74) is 6.38. The van der Waals surface area contributed by atoms with Crippen LogP contribution in [-0.2, 0) is 10.3 Å². The van der Waals surface area contributed by atoms with Crippen molar-refractivity contribution in [1.82, 2.24) is 0 Å². The third kappa shape index (κ3) is 3.76. The second kappa shape index (κ2) is 9.20. The average Bonchev–Trinajstić information content (AvgIpc) is 3.27. The van der Waals surface area contributed by atoms with Crippen molar-refractivity contribution in [2.75, 3.05) is 17.7 Å². The number of para-hydroxylation sites is 1. The van der Waals surface area contributed by atoms with Gasteiger partial charge in [0.05, 0.1) is 12.7 Å². The van der Waals surface area contributed by atoms with Crippen molar-refractivity contribution in [2.24, 2.45) is 0 Å². The van der Waals surface area contributed by atoms with Gasteiger partial charge in [-0.3, -0.25) is 0 Å². The van der Waals surface area contributed by atoms with Gasteiger partial charge in [0.15, 0.2) is 5.60 Å². The Kier molecular flexibility index (Phi) is 5.49. The Labute approximate surface area is 232 Å². The summed E-state index contributed by atoms with van der Waals surface area (Å²) in [6.07, 6.45) is 0. The van der Waals surface area contributed by atoms with Crippen LogP contribution in [0.15, 0.2) is 109 Å². The zero-order chi connectivity index (χ0) is 27.3. The van der Waals surface area contributed by atoms with Crippen molar-refractivity contribution < 1.29 is 19.0 Å². The lowest BCUT2D eigenvalue weighted by Gasteiger charge is -2.37. The van der Waals surface area contributed by atoms with Crippen LogP contribution >= 0.6 is 0 Å². The van der Waals surface area contributed by atoms with Crippen molar-refractivity contribution in [3.63, 3.8) is 0 Å². The molecule has 2 N–H and O–H groups in total. The molecule has 6 nitrogen and oxygen atoms in total. The second-order valence-electron chi connectivity index (χ2n) is 9.94. The van der Waals surface area contributed by atoms with E-state index in [0.29, 0.717) is 17.1 Å². The molecule has 0 bridgehead atoms. The zero-order valence-electron chi connectivity index (χ0n) is 22.0. The average molecular weight is 527 g/mol. The molecule has 0 saturated heterocycles. The van der Waals surface area contributed by atoms with Crippen LogP contribution in [0.3, 0.4) is 0 Å². The van der Waals surface area contributed by atoms with Crippen LogP contribution in [0.25, 0.3) is 0 Å². The summed E-state index contributed by atoms with van der Waals surface area (Å²) in [6, 6.07) is 35.2. The van der Waals surface area contributed by atoms with E-state index >= 15 is 0 Å². The van der Waals surface area contributed by atoms with E-state index in [1.54, 1.807) is 7.11 Å². The van der Waals surface area contributed by atoms with E-state index in [9.17, 15) is 4.79 Å². The molecule has 2 aliphatic rings. The van der Waals surface area contributed by atoms with Crippen LogP contribution in [0.4, 0.5) is 22.7 Å². The van der Waals surface area contributed by atoms with Gasteiger partial charge in [0.1, 0.15) is 17.2 Å². The lowest BCUT2D eigenvalue weighted by Crippen LogP contribution is -2.33. The summed E-state index contributed by atoms with van der Waals surface area (Å²) in [6.45, 7) is 2.03. The lowest BCUT2D eigenvalue weighted by molar-refractivity contribution is 0.0224. The van der Waals surface area contributed by atoms with E-state index in [1.807, 2.05) is 116 Å². The number of rotatable bonds is 5. The van der Waals surface area contributed by atoms with Gasteiger partial charge in [0.25, 0.3) is 0 Å². The maximum Gasteiger partial charge on any atom is 0.340 e. The molecule has 1 spiro atoms. The highest BCUT2D eigenvalue weighted by molar-refractivity contribution is 5.97. The third-order valence-corrected chi connectivity index (χ3v) is 7.49. The van der Waals surface area contributed by atoms with Crippen molar-refractivity contribution >= 4 is 28.7 Å². The Morgan fingerprint density at radius 3 is 2.17 bits per heavy atom. The molecule has 2 heterocycles. The number of hydrogen-bond donors (Lipinski definition) is 2. The predicted molar refractivity (Wildman–Crippen MR) is 155 cm³/mol. The predicted octanol–water partition coefficient (Wildman–Crippen LogP) is 8.06. The number of methoxy groups -OCH3 is 1. The van der Waals surface area contributed by atoms with Gasteiger partial charge in [-0.25, -0.2) is 4.79 Å². The van der Waals surface area contributed by atoms with Gasteiger partial charge in [-0.15, -0.1) is 0 Å². The van der Waals surface area contributed by atoms with Crippen LogP contribution in [0.1, 0.15) is 32.6 Å². The van der Waals surface area contributed by atoms with Gasteiger partial charge in [0.2, 0.25) is 0 Å².